The van der Waals surface area contributed by atoms with E-state index in [0.29, 0.717) is 13.2 Å². The first-order valence-electron chi connectivity index (χ1n) is 5.34. The van der Waals surface area contributed by atoms with Crippen LogP contribution in [0.3, 0.4) is 0 Å². The first kappa shape index (κ1) is 12.1. The standard InChI is InChI=1S/C11H14BrNO2S/c12-10-8(3-5-16-10)6-13-11(14)9-2-1-4-15-7-9/h3,5,9H,1-2,4,6-7H2,(H,13,14). The fourth-order valence-electron chi connectivity index (χ4n) is 1.72. The van der Waals surface area contributed by atoms with Crippen molar-refractivity contribution in [1.29, 1.82) is 0 Å². The van der Waals surface area contributed by atoms with Crippen molar-refractivity contribution in [2.75, 3.05) is 13.2 Å². The van der Waals surface area contributed by atoms with E-state index in [0.717, 1.165) is 28.8 Å². The van der Waals surface area contributed by atoms with E-state index < -0.39 is 0 Å². The number of hydrogen-bond donors (Lipinski definition) is 1. The van der Waals surface area contributed by atoms with Crippen LogP contribution in [-0.2, 0) is 16.1 Å². The van der Waals surface area contributed by atoms with Gasteiger partial charge in [-0.05, 0) is 45.8 Å². The topological polar surface area (TPSA) is 38.3 Å². The van der Waals surface area contributed by atoms with Crippen molar-refractivity contribution >= 4 is 33.2 Å². The van der Waals surface area contributed by atoms with Crippen LogP contribution in [0.2, 0.25) is 0 Å². The fourth-order valence-corrected chi connectivity index (χ4v) is 2.96. The second-order valence-corrected chi connectivity index (χ2v) is 6.09. The average molecular weight is 304 g/mol. The van der Waals surface area contributed by atoms with Crippen molar-refractivity contribution in [2.45, 2.75) is 19.4 Å². The van der Waals surface area contributed by atoms with Gasteiger partial charge in [0, 0.05) is 13.2 Å². The summed E-state index contributed by atoms with van der Waals surface area (Å²) in [4.78, 5) is 11.8. The van der Waals surface area contributed by atoms with E-state index in [4.69, 9.17) is 4.74 Å². The zero-order valence-corrected chi connectivity index (χ0v) is 11.3. The molecule has 1 saturated heterocycles. The van der Waals surface area contributed by atoms with Crippen LogP contribution >= 0.6 is 27.3 Å². The Labute approximate surface area is 107 Å². The van der Waals surface area contributed by atoms with Crippen LogP contribution in [0.5, 0.6) is 0 Å². The van der Waals surface area contributed by atoms with Gasteiger partial charge in [-0.3, -0.25) is 4.79 Å². The van der Waals surface area contributed by atoms with E-state index in [1.807, 2.05) is 11.4 Å². The molecule has 0 bridgehead atoms. The van der Waals surface area contributed by atoms with Crippen molar-refractivity contribution in [1.82, 2.24) is 5.32 Å². The summed E-state index contributed by atoms with van der Waals surface area (Å²) in [7, 11) is 0. The maximum Gasteiger partial charge on any atom is 0.225 e. The van der Waals surface area contributed by atoms with Crippen LogP contribution in [0.4, 0.5) is 0 Å². The van der Waals surface area contributed by atoms with E-state index in [1.54, 1.807) is 11.3 Å². The Bertz CT molecular complexity index is 361. The molecule has 0 aliphatic carbocycles. The average Bonchev–Trinajstić information content (AvgIpc) is 2.73. The van der Waals surface area contributed by atoms with Crippen molar-refractivity contribution in [3.05, 3.63) is 20.8 Å². The number of thiophene rings is 1. The molecule has 88 valence electrons. The van der Waals surface area contributed by atoms with Gasteiger partial charge in [0.1, 0.15) is 0 Å². The molecule has 1 unspecified atom stereocenters. The molecule has 0 aromatic carbocycles. The highest BCUT2D eigenvalue weighted by Crippen LogP contribution is 2.23. The third-order valence-corrected chi connectivity index (χ3v) is 4.49. The Balaban J connectivity index is 1.81. The Morgan fingerprint density at radius 1 is 1.69 bits per heavy atom. The van der Waals surface area contributed by atoms with Gasteiger partial charge < -0.3 is 10.1 Å². The van der Waals surface area contributed by atoms with Crippen molar-refractivity contribution < 1.29 is 9.53 Å². The summed E-state index contributed by atoms with van der Waals surface area (Å²) in [6.07, 6.45) is 1.93. The number of halogens is 1. The molecule has 0 spiro atoms. The molecule has 16 heavy (non-hydrogen) atoms. The summed E-state index contributed by atoms with van der Waals surface area (Å²) >= 11 is 5.09. The highest BCUT2D eigenvalue weighted by atomic mass is 79.9. The van der Waals surface area contributed by atoms with Gasteiger partial charge in [0.15, 0.2) is 0 Å². The maximum atomic E-state index is 11.8. The molecular weight excluding hydrogens is 290 g/mol. The summed E-state index contributed by atoms with van der Waals surface area (Å²) in [5, 5.41) is 4.96. The zero-order chi connectivity index (χ0) is 11.4. The van der Waals surface area contributed by atoms with Gasteiger partial charge >= 0.3 is 0 Å². The lowest BCUT2D eigenvalue weighted by molar-refractivity contribution is -0.129. The molecule has 1 aromatic heterocycles. The van der Waals surface area contributed by atoms with E-state index in [-0.39, 0.29) is 11.8 Å². The quantitative estimate of drug-likeness (QED) is 0.932. The van der Waals surface area contributed by atoms with Crippen LogP contribution in [0, 0.1) is 5.92 Å². The Hall–Kier alpha value is -0.390. The second-order valence-electron chi connectivity index (χ2n) is 3.85. The minimum absolute atomic E-state index is 0.0335. The minimum Gasteiger partial charge on any atom is -0.381 e. The molecule has 5 heteroatoms. The number of rotatable bonds is 3. The molecule has 2 rings (SSSR count). The summed E-state index contributed by atoms with van der Waals surface area (Å²) in [5.41, 5.74) is 1.13. The van der Waals surface area contributed by atoms with Crippen LogP contribution < -0.4 is 5.32 Å². The van der Waals surface area contributed by atoms with Gasteiger partial charge in [0.2, 0.25) is 5.91 Å². The van der Waals surface area contributed by atoms with Crippen LogP contribution in [0.25, 0.3) is 0 Å². The summed E-state index contributed by atoms with van der Waals surface area (Å²) in [5.74, 6) is 0.143. The third-order valence-electron chi connectivity index (χ3n) is 2.68. The van der Waals surface area contributed by atoms with Gasteiger partial charge in [0.25, 0.3) is 0 Å². The number of hydrogen-bond acceptors (Lipinski definition) is 3. The molecule has 1 N–H and O–H groups in total. The van der Waals surface area contributed by atoms with E-state index in [2.05, 4.69) is 21.2 Å². The van der Waals surface area contributed by atoms with E-state index in [1.165, 1.54) is 0 Å². The van der Waals surface area contributed by atoms with E-state index >= 15 is 0 Å². The number of amides is 1. The number of carbonyl (C=O) groups is 1. The fraction of sp³-hybridized carbons (Fsp3) is 0.545. The minimum atomic E-state index is 0.0335. The number of ether oxygens (including phenoxy) is 1. The lowest BCUT2D eigenvalue weighted by Gasteiger charge is -2.21. The molecule has 0 radical (unpaired) electrons. The lowest BCUT2D eigenvalue weighted by atomic mass is 10.0. The first-order chi connectivity index (χ1) is 7.77. The molecule has 2 heterocycles. The number of carbonyl (C=O) groups excluding carboxylic acids is 1. The van der Waals surface area contributed by atoms with Crippen molar-refractivity contribution in [3.8, 4) is 0 Å². The molecule has 3 nitrogen and oxygen atoms in total. The van der Waals surface area contributed by atoms with Crippen molar-refractivity contribution in [2.24, 2.45) is 5.92 Å². The summed E-state index contributed by atoms with van der Waals surface area (Å²) in [6, 6.07) is 2.02. The second kappa shape index (κ2) is 5.80. The van der Waals surface area contributed by atoms with Gasteiger partial charge in [-0.25, -0.2) is 0 Å². The molecule has 1 aromatic rings. The molecular formula is C11H14BrNO2S. The predicted molar refractivity (Wildman–Crippen MR) is 67.4 cm³/mol. The lowest BCUT2D eigenvalue weighted by Crippen LogP contribution is -2.35. The van der Waals surface area contributed by atoms with E-state index in [9.17, 15) is 4.79 Å². The molecule has 0 saturated carbocycles. The highest BCUT2D eigenvalue weighted by Gasteiger charge is 2.21. The Morgan fingerprint density at radius 2 is 2.56 bits per heavy atom. The van der Waals surface area contributed by atoms with Crippen LogP contribution in [0.15, 0.2) is 15.2 Å². The van der Waals surface area contributed by atoms with Gasteiger partial charge in [-0.2, -0.15) is 0 Å². The van der Waals surface area contributed by atoms with Gasteiger partial charge in [-0.1, -0.05) is 0 Å². The van der Waals surface area contributed by atoms with Gasteiger partial charge in [-0.15, -0.1) is 11.3 Å². The summed E-state index contributed by atoms with van der Waals surface area (Å²) < 4.78 is 6.39. The monoisotopic (exact) mass is 303 g/mol. The SMILES string of the molecule is O=C(NCc1ccsc1Br)C1CCCOC1. The number of nitrogens with one attached hydrogen (secondary N) is 1. The maximum absolute atomic E-state index is 11.8. The largest absolute Gasteiger partial charge is 0.381 e. The smallest absolute Gasteiger partial charge is 0.225 e. The predicted octanol–water partition coefficient (Wildman–Crippen LogP) is 2.55. The Kier molecular flexibility index (Phi) is 4.37. The molecule has 1 aliphatic rings. The van der Waals surface area contributed by atoms with Crippen LogP contribution in [-0.4, -0.2) is 19.1 Å². The first-order valence-corrected chi connectivity index (χ1v) is 7.02. The van der Waals surface area contributed by atoms with Crippen molar-refractivity contribution in [3.63, 3.8) is 0 Å². The van der Waals surface area contributed by atoms with Crippen LogP contribution in [0.1, 0.15) is 18.4 Å². The third kappa shape index (κ3) is 3.06. The molecule has 1 fully saturated rings. The molecule has 1 atom stereocenters. The normalized spacial score (nSPS) is 20.7. The molecule has 1 amide bonds. The molecule has 1 aliphatic heterocycles. The highest BCUT2D eigenvalue weighted by molar-refractivity contribution is 9.11. The van der Waals surface area contributed by atoms with Gasteiger partial charge in [0.05, 0.1) is 16.3 Å². The Morgan fingerprint density at radius 3 is 3.19 bits per heavy atom. The zero-order valence-electron chi connectivity index (χ0n) is 8.87. The summed E-state index contributed by atoms with van der Waals surface area (Å²) in [6.45, 7) is 1.95.